The van der Waals surface area contributed by atoms with Gasteiger partial charge in [-0.05, 0) is 51.8 Å². The molecule has 0 saturated heterocycles. The molecule has 96 valence electrons. The first-order valence-electron chi connectivity index (χ1n) is 5.66. The lowest BCUT2D eigenvalue weighted by Gasteiger charge is -2.22. The molecule has 0 heterocycles. The van der Waals surface area contributed by atoms with Crippen LogP contribution in [0.3, 0.4) is 0 Å². The van der Waals surface area contributed by atoms with Crippen molar-refractivity contribution in [3.8, 4) is 0 Å². The topological polar surface area (TPSA) is 29.1 Å². The van der Waals surface area contributed by atoms with Gasteiger partial charge in [0.25, 0.3) is 0 Å². The summed E-state index contributed by atoms with van der Waals surface area (Å²) < 4.78 is 16.0. The van der Waals surface area contributed by atoms with Crippen LogP contribution in [-0.4, -0.2) is 8.96 Å². The molecule has 0 radical (unpaired) electrons. The van der Waals surface area contributed by atoms with E-state index < -0.39 is 11.0 Å². The molecule has 0 fully saturated rings. The molecule has 1 aromatic rings. The predicted molar refractivity (Wildman–Crippen MR) is 78.3 cm³/mol. The number of benzene rings is 1. The van der Waals surface area contributed by atoms with E-state index in [1.807, 2.05) is 33.8 Å². The van der Waals surface area contributed by atoms with Crippen LogP contribution in [-0.2, 0) is 11.0 Å². The third-order valence-electron chi connectivity index (χ3n) is 2.52. The standard InChI is InChI=1S/C13H20BrNOS/c1-9-8-11(6-7-12(9)14)10(2)15-17(16)13(3,4)5/h6-8,10,15H,1-5H3. The van der Waals surface area contributed by atoms with Crippen molar-refractivity contribution >= 4 is 26.9 Å². The zero-order valence-electron chi connectivity index (χ0n) is 11.0. The van der Waals surface area contributed by atoms with Gasteiger partial charge in [-0.15, -0.1) is 0 Å². The number of hydrogen-bond acceptors (Lipinski definition) is 1. The number of aryl methyl sites for hydroxylation is 1. The number of hydrogen-bond donors (Lipinski definition) is 1. The minimum Gasteiger partial charge on any atom is -0.242 e. The maximum Gasteiger partial charge on any atom is 0.0975 e. The van der Waals surface area contributed by atoms with Crippen LogP contribution in [0.2, 0.25) is 0 Å². The highest BCUT2D eigenvalue weighted by Gasteiger charge is 2.21. The normalized spacial score (nSPS) is 15.6. The lowest BCUT2D eigenvalue weighted by Crippen LogP contribution is -2.34. The van der Waals surface area contributed by atoms with Crippen molar-refractivity contribution in [2.24, 2.45) is 0 Å². The summed E-state index contributed by atoms with van der Waals surface area (Å²) >= 11 is 3.48. The van der Waals surface area contributed by atoms with E-state index in [2.05, 4.69) is 39.7 Å². The van der Waals surface area contributed by atoms with Crippen LogP contribution in [0.5, 0.6) is 0 Å². The molecule has 0 aliphatic heterocycles. The molecule has 0 aliphatic rings. The molecule has 0 aliphatic carbocycles. The fourth-order valence-electron chi connectivity index (χ4n) is 1.34. The van der Waals surface area contributed by atoms with E-state index in [4.69, 9.17) is 0 Å². The third kappa shape index (κ3) is 4.19. The minimum atomic E-state index is -1.04. The Kier molecular flexibility index (Phi) is 4.93. The summed E-state index contributed by atoms with van der Waals surface area (Å²) in [5, 5.41) is 0. The Hall–Kier alpha value is -0.190. The van der Waals surface area contributed by atoms with E-state index in [0.29, 0.717) is 0 Å². The summed E-state index contributed by atoms with van der Waals surface area (Å²) in [4.78, 5) is 0. The van der Waals surface area contributed by atoms with E-state index in [9.17, 15) is 4.21 Å². The van der Waals surface area contributed by atoms with Crippen molar-refractivity contribution in [2.75, 3.05) is 0 Å². The maximum atomic E-state index is 12.0. The Bertz CT molecular complexity index is 426. The van der Waals surface area contributed by atoms with Crippen molar-refractivity contribution in [1.29, 1.82) is 0 Å². The molecule has 0 amide bonds. The van der Waals surface area contributed by atoms with Crippen molar-refractivity contribution in [3.63, 3.8) is 0 Å². The molecule has 2 atom stereocenters. The van der Waals surface area contributed by atoms with Gasteiger partial charge in [-0.25, -0.2) is 8.93 Å². The summed E-state index contributed by atoms with van der Waals surface area (Å²) in [5.41, 5.74) is 2.35. The second-order valence-electron chi connectivity index (χ2n) is 5.23. The van der Waals surface area contributed by atoms with Crippen LogP contribution < -0.4 is 4.72 Å². The average Bonchev–Trinajstić information content (AvgIpc) is 2.20. The summed E-state index contributed by atoms with van der Waals surface area (Å²) in [7, 11) is -1.04. The molecule has 1 N–H and O–H groups in total. The zero-order valence-corrected chi connectivity index (χ0v) is 13.4. The van der Waals surface area contributed by atoms with Gasteiger partial charge >= 0.3 is 0 Å². The lowest BCUT2D eigenvalue weighted by molar-refractivity contribution is 0.616. The highest BCUT2D eigenvalue weighted by Crippen LogP contribution is 2.22. The Balaban J connectivity index is 2.80. The molecular weight excluding hydrogens is 298 g/mol. The maximum absolute atomic E-state index is 12.0. The first kappa shape index (κ1) is 14.9. The molecule has 2 unspecified atom stereocenters. The van der Waals surface area contributed by atoms with Gasteiger partial charge in [-0.2, -0.15) is 0 Å². The Labute approximate surface area is 115 Å². The van der Waals surface area contributed by atoms with Crippen molar-refractivity contribution < 1.29 is 4.21 Å². The van der Waals surface area contributed by atoms with Crippen LogP contribution in [0.4, 0.5) is 0 Å². The van der Waals surface area contributed by atoms with Gasteiger partial charge < -0.3 is 0 Å². The van der Waals surface area contributed by atoms with Crippen LogP contribution in [0.25, 0.3) is 0 Å². The van der Waals surface area contributed by atoms with E-state index in [1.54, 1.807) is 0 Å². The van der Waals surface area contributed by atoms with Gasteiger partial charge in [-0.1, -0.05) is 28.1 Å². The predicted octanol–water partition coefficient (Wildman–Crippen LogP) is 3.87. The number of nitrogens with one attached hydrogen (secondary N) is 1. The molecule has 0 bridgehead atoms. The van der Waals surface area contributed by atoms with E-state index in [-0.39, 0.29) is 10.8 Å². The third-order valence-corrected chi connectivity index (χ3v) is 5.09. The highest BCUT2D eigenvalue weighted by molar-refractivity contribution is 9.10. The molecule has 17 heavy (non-hydrogen) atoms. The molecule has 1 rings (SSSR count). The molecule has 2 nitrogen and oxygen atoms in total. The van der Waals surface area contributed by atoms with E-state index in [1.165, 1.54) is 5.56 Å². The summed E-state index contributed by atoms with van der Waals surface area (Å²) in [6, 6.07) is 6.28. The van der Waals surface area contributed by atoms with Crippen molar-refractivity contribution in [3.05, 3.63) is 33.8 Å². The van der Waals surface area contributed by atoms with Crippen molar-refractivity contribution in [2.45, 2.75) is 45.4 Å². The van der Waals surface area contributed by atoms with Crippen molar-refractivity contribution in [1.82, 2.24) is 4.72 Å². The van der Waals surface area contributed by atoms with Gasteiger partial charge in [0, 0.05) is 10.5 Å². The molecule has 0 saturated carbocycles. The zero-order chi connectivity index (χ0) is 13.2. The van der Waals surface area contributed by atoms with Gasteiger partial charge in [0.05, 0.1) is 15.7 Å². The van der Waals surface area contributed by atoms with Gasteiger partial charge in [0.1, 0.15) is 0 Å². The Morgan fingerprint density at radius 1 is 1.35 bits per heavy atom. The second kappa shape index (κ2) is 5.63. The van der Waals surface area contributed by atoms with Gasteiger partial charge in [-0.3, -0.25) is 0 Å². The first-order chi connectivity index (χ1) is 7.71. The fraction of sp³-hybridized carbons (Fsp3) is 0.538. The van der Waals surface area contributed by atoms with Gasteiger partial charge in [0.2, 0.25) is 0 Å². The fourth-order valence-corrected chi connectivity index (χ4v) is 2.40. The SMILES string of the molecule is Cc1cc(C(C)NS(=O)C(C)(C)C)ccc1Br. The Morgan fingerprint density at radius 3 is 2.41 bits per heavy atom. The van der Waals surface area contributed by atoms with Crippen LogP contribution in [0, 0.1) is 6.92 Å². The molecular formula is C13H20BrNOS. The second-order valence-corrected chi connectivity index (χ2v) is 8.08. The quantitative estimate of drug-likeness (QED) is 0.900. The average molecular weight is 318 g/mol. The van der Waals surface area contributed by atoms with E-state index >= 15 is 0 Å². The largest absolute Gasteiger partial charge is 0.242 e. The number of halogens is 1. The van der Waals surface area contributed by atoms with Crippen LogP contribution >= 0.6 is 15.9 Å². The van der Waals surface area contributed by atoms with Crippen LogP contribution in [0.15, 0.2) is 22.7 Å². The molecule has 1 aromatic carbocycles. The Morgan fingerprint density at radius 2 is 1.94 bits per heavy atom. The number of rotatable bonds is 3. The monoisotopic (exact) mass is 317 g/mol. The first-order valence-corrected chi connectivity index (χ1v) is 7.60. The van der Waals surface area contributed by atoms with Crippen LogP contribution in [0.1, 0.15) is 44.9 Å². The highest BCUT2D eigenvalue weighted by atomic mass is 79.9. The molecule has 0 spiro atoms. The molecule has 0 aromatic heterocycles. The smallest absolute Gasteiger partial charge is 0.0975 e. The summed E-state index contributed by atoms with van der Waals surface area (Å²) in [5.74, 6) is 0. The molecule has 4 heteroatoms. The minimum absolute atomic E-state index is 0.0851. The summed E-state index contributed by atoms with van der Waals surface area (Å²) in [6.07, 6.45) is 0. The van der Waals surface area contributed by atoms with E-state index in [0.717, 1.165) is 10.0 Å². The lowest BCUT2D eigenvalue weighted by atomic mass is 10.1. The van der Waals surface area contributed by atoms with Gasteiger partial charge in [0.15, 0.2) is 0 Å². The summed E-state index contributed by atoms with van der Waals surface area (Å²) in [6.45, 7) is 9.99.